The lowest BCUT2D eigenvalue weighted by molar-refractivity contribution is 0.0600. The maximum absolute atomic E-state index is 11.6. The first-order valence-electron chi connectivity index (χ1n) is 6.77. The predicted molar refractivity (Wildman–Crippen MR) is 80.5 cm³/mol. The SMILES string of the molecule is COC(=O)c1ccc2cnc(Cc3cccc(C)c3)n2c1. The molecule has 0 unspecified atom stereocenters. The average molecular weight is 280 g/mol. The van der Waals surface area contributed by atoms with Crippen LogP contribution in [0.4, 0.5) is 0 Å². The van der Waals surface area contributed by atoms with Crippen LogP contribution in [-0.4, -0.2) is 22.5 Å². The quantitative estimate of drug-likeness (QED) is 0.693. The van der Waals surface area contributed by atoms with Crippen LogP contribution < -0.4 is 0 Å². The Balaban J connectivity index is 2.00. The van der Waals surface area contributed by atoms with Crippen molar-refractivity contribution in [1.82, 2.24) is 9.38 Å². The van der Waals surface area contributed by atoms with Crippen molar-refractivity contribution in [2.75, 3.05) is 7.11 Å². The van der Waals surface area contributed by atoms with Gasteiger partial charge in [0.1, 0.15) is 5.82 Å². The van der Waals surface area contributed by atoms with Gasteiger partial charge in [0.15, 0.2) is 0 Å². The third-order valence-electron chi connectivity index (χ3n) is 3.47. The van der Waals surface area contributed by atoms with Crippen LogP contribution in [0.2, 0.25) is 0 Å². The Morgan fingerprint density at radius 2 is 2.14 bits per heavy atom. The van der Waals surface area contributed by atoms with Crippen molar-refractivity contribution in [3.63, 3.8) is 0 Å². The molecular formula is C17H16N2O2. The lowest BCUT2D eigenvalue weighted by atomic mass is 10.1. The summed E-state index contributed by atoms with van der Waals surface area (Å²) < 4.78 is 6.70. The fourth-order valence-corrected chi connectivity index (χ4v) is 2.42. The normalized spacial score (nSPS) is 10.8. The Bertz CT molecular complexity index is 805. The van der Waals surface area contributed by atoms with Crippen LogP contribution >= 0.6 is 0 Å². The molecular weight excluding hydrogens is 264 g/mol. The molecule has 0 fully saturated rings. The molecule has 3 rings (SSSR count). The van der Waals surface area contributed by atoms with E-state index in [4.69, 9.17) is 4.74 Å². The number of carbonyl (C=O) groups is 1. The molecule has 0 aliphatic rings. The lowest BCUT2D eigenvalue weighted by Gasteiger charge is -2.05. The summed E-state index contributed by atoms with van der Waals surface area (Å²) in [4.78, 5) is 16.1. The molecule has 0 atom stereocenters. The molecule has 0 amide bonds. The van der Waals surface area contributed by atoms with Crippen LogP contribution in [0.15, 0.2) is 48.8 Å². The number of rotatable bonds is 3. The summed E-state index contributed by atoms with van der Waals surface area (Å²) >= 11 is 0. The molecule has 0 bridgehead atoms. The van der Waals surface area contributed by atoms with E-state index in [-0.39, 0.29) is 5.97 Å². The first-order valence-corrected chi connectivity index (χ1v) is 6.77. The van der Waals surface area contributed by atoms with E-state index in [2.05, 4.69) is 30.1 Å². The number of benzene rings is 1. The number of fused-ring (bicyclic) bond motifs is 1. The summed E-state index contributed by atoms with van der Waals surface area (Å²) in [5.74, 6) is 0.563. The van der Waals surface area contributed by atoms with E-state index < -0.39 is 0 Å². The number of nitrogens with zero attached hydrogens (tertiary/aromatic N) is 2. The zero-order valence-corrected chi connectivity index (χ0v) is 12.0. The first-order chi connectivity index (χ1) is 10.2. The van der Waals surface area contributed by atoms with Gasteiger partial charge in [-0.25, -0.2) is 9.78 Å². The highest BCUT2D eigenvalue weighted by molar-refractivity contribution is 5.89. The molecule has 2 heterocycles. The Labute approximate surface area is 123 Å². The molecule has 0 radical (unpaired) electrons. The van der Waals surface area contributed by atoms with Crippen LogP contribution in [-0.2, 0) is 11.2 Å². The van der Waals surface area contributed by atoms with Gasteiger partial charge in [-0.15, -0.1) is 0 Å². The molecule has 2 aromatic heterocycles. The number of aryl methyl sites for hydroxylation is 1. The van der Waals surface area contributed by atoms with Crippen molar-refractivity contribution in [2.24, 2.45) is 0 Å². The van der Waals surface area contributed by atoms with Gasteiger partial charge in [0, 0.05) is 12.6 Å². The van der Waals surface area contributed by atoms with Crippen molar-refractivity contribution in [3.8, 4) is 0 Å². The molecule has 3 aromatic rings. The maximum atomic E-state index is 11.6. The van der Waals surface area contributed by atoms with Gasteiger partial charge in [0.25, 0.3) is 0 Å². The van der Waals surface area contributed by atoms with Gasteiger partial charge in [-0.2, -0.15) is 0 Å². The van der Waals surface area contributed by atoms with Crippen molar-refractivity contribution >= 4 is 11.5 Å². The van der Waals surface area contributed by atoms with E-state index in [0.29, 0.717) is 5.56 Å². The van der Waals surface area contributed by atoms with Crippen molar-refractivity contribution in [1.29, 1.82) is 0 Å². The molecule has 0 aliphatic heterocycles. The summed E-state index contributed by atoms with van der Waals surface area (Å²) in [5.41, 5.74) is 3.91. The van der Waals surface area contributed by atoms with Crippen molar-refractivity contribution in [2.45, 2.75) is 13.3 Å². The molecule has 4 nitrogen and oxygen atoms in total. The highest BCUT2D eigenvalue weighted by atomic mass is 16.5. The minimum atomic E-state index is -0.341. The molecule has 1 aromatic carbocycles. The number of hydrogen-bond acceptors (Lipinski definition) is 3. The van der Waals surface area contributed by atoms with E-state index in [1.54, 1.807) is 12.3 Å². The summed E-state index contributed by atoms with van der Waals surface area (Å²) in [6.07, 6.45) is 4.31. The van der Waals surface area contributed by atoms with Gasteiger partial charge in [-0.05, 0) is 24.6 Å². The average Bonchev–Trinajstić information content (AvgIpc) is 2.89. The van der Waals surface area contributed by atoms with Crippen LogP contribution in [0, 0.1) is 6.92 Å². The number of hydrogen-bond donors (Lipinski definition) is 0. The molecule has 106 valence electrons. The number of methoxy groups -OCH3 is 1. The number of ether oxygens (including phenoxy) is 1. The minimum absolute atomic E-state index is 0.341. The zero-order valence-electron chi connectivity index (χ0n) is 12.0. The Morgan fingerprint density at radius 3 is 2.90 bits per heavy atom. The Morgan fingerprint density at radius 1 is 1.29 bits per heavy atom. The molecule has 0 saturated carbocycles. The van der Waals surface area contributed by atoms with Gasteiger partial charge in [0.2, 0.25) is 0 Å². The second-order valence-corrected chi connectivity index (χ2v) is 5.04. The second kappa shape index (κ2) is 5.40. The number of esters is 1. The Hall–Kier alpha value is -2.62. The smallest absolute Gasteiger partial charge is 0.339 e. The highest BCUT2D eigenvalue weighted by Crippen LogP contribution is 2.14. The van der Waals surface area contributed by atoms with Crippen molar-refractivity contribution < 1.29 is 9.53 Å². The molecule has 0 aliphatic carbocycles. The van der Waals surface area contributed by atoms with E-state index in [1.807, 2.05) is 22.7 Å². The molecule has 0 spiro atoms. The van der Waals surface area contributed by atoms with E-state index in [1.165, 1.54) is 18.2 Å². The Kier molecular flexibility index (Phi) is 3.44. The number of aromatic nitrogens is 2. The van der Waals surface area contributed by atoms with Crippen molar-refractivity contribution in [3.05, 3.63) is 71.3 Å². The third-order valence-corrected chi connectivity index (χ3v) is 3.47. The largest absolute Gasteiger partial charge is 0.465 e. The van der Waals surface area contributed by atoms with E-state index in [9.17, 15) is 4.79 Å². The number of pyridine rings is 1. The van der Waals surface area contributed by atoms with E-state index >= 15 is 0 Å². The van der Waals surface area contributed by atoms with Gasteiger partial charge in [-0.1, -0.05) is 29.8 Å². The van der Waals surface area contributed by atoms with E-state index in [0.717, 1.165) is 17.8 Å². The summed E-state index contributed by atoms with van der Waals surface area (Å²) in [6, 6.07) is 12.0. The molecule has 0 N–H and O–H groups in total. The van der Waals surface area contributed by atoms with Gasteiger partial charge < -0.3 is 9.14 Å². The standard InChI is InChI=1S/C17H16N2O2/c1-12-4-3-5-13(8-12)9-16-18-10-15-7-6-14(11-19(15)16)17(20)21-2/h3-8,10-11H,9H2,1-2H3. The minimum Gasteiger partial charge on any atom is -0.465 e. The molecule has 0 saturated heterocycles. The topological polar surface area (TPSA) is 43.6 Å². The predicted octanol–water partition coefficient (Wildman–Crippen LogP) is 3.02. The zero-order chi connectivity index (χ0) is 14.8. The highest BCUT2D eigenvalue weighted by Gasteiger charge is 2.10. The van der Waals surface area contributed by atoms with Crippen LogP contribution in [0.5, 0.6) is 0 Å². The van der Waals surface area contributed by atoms with Gasteiger partial charge >= 0.3 is 5.97 Å². The van der Waals surface area contributed by atoms with Crippen LogP contribution in [0.3, 0.4) is 0 Å². The molecule has 21 heavy (non-hydrogen) atoms. The fourth-order valence-electron chi connectivity index (χ4n) is 2.42. The summed E-state index contributed by atoms with van der Waals surface area (Å²) in [6.45, 7) is 2.07. The van der Waals surface area contributed by atoms with Crippen LogP contribution in [0.25, 0.3) is 5.52 Å². The summed E-state index contributed by atoms with van der Waals surface area (Å²) in [7, 11) is 1.38. The number of carbonyl (C=O) groups excluding carboxylic acids is 1. The second-order valence-electron chi connectivity index (χ2n) is 5.04. The maximum Gasteiger partial charge on any atom is 0.339 e. The first kappa shape index (κ1) is 13.4. The fraction of sp³-hybridized carbons (Fsp3) is 0.176. The summed E-state index contributed by atoms with van der Waals surface area (Å²) in [5, 5.41) is 0. The molecule has 4 heteroatoms. The number of imidazole rings is 1. The monoisotopic (exact) mass is 280 g/mol. The lowest BCUT2D eigenvalue weighted by Crippen LogP contribution is -2.04. The van der Waals surface area contributed by atoms with Gasteiger partial charge in [-0.3, -0.25) is 0 Å². The van der Waals surface area contributed by atoms with Crippen LogP contribution in [0.1, 0.15) is 27.3 Å². The third kappa shape index (κ3) is 2.65. The van der Waals surface area contributed by atoms with Gasteiger partial charge in [0.05, 0.1) is 24.4 Å².